The number of rotatable bonds is 1. The van der Waals surface area contributed by atoms with Crippen molar-refractivity contribution >= 4 is 26.8 Å². The van der Waals surface area contributed by atoms with Gasteiger partial charge in [0.1, 0.15) is 0 Å². The third kappa shape index (κ3) is 191. The Balaban J connectivity index is -0.0000000203. The zero-order valence-electron chi connectivity index (χ0n) is 9.73. The molecule has 0 aliphatic heterocycles. The molecule has 0 aromatic rings. The summed E-state index contributed by atoms with van der Waals surface area (Å²) in [5.41, 5.74) is 0.755. The van der Waals surface area contributed by atoms with Crippen molar-refractivity contribution in [1.29, 1.82) is 5.41 Å². The normalized spacial score (nSPS) is 4.67. The van der Waals surface area contributed by atoms with E-state index >= 15 is 0 Å². The highest BCUT2D eigenvalue weighted by molar-refractivity contribution is 7.79. The van der Waals surface area contributed by atoms with E-state index < -0.39 is 0 Å². The first-order valence-corrected chi connectivity index (χ1v) is 5.15. The SMILES string of the molecule is CC.CC.CCC(C)=N.CS.[B]. The van der Waals surface area contributed by atoms with Gasteiger partial charge in [0.2, 0.25) is 0 Å². The molecule has 1 nitrogen and oxygen atoms in total. The Morgan fingerprint density at radius 1 is 1.08 bits per heavy atom. The summed E-state index contributed by atoms with van der Waals surface area (Å²) < 4.78 is 0. The summed E-state index contributed by atoms with van der Waals surface area (Å²) in [6.07, 6.45) is 2.58. The lowest BCUT2D eigenvalue weighted by Crippen LogP contribution is -1.78. The van der Waals surface area contributed by atoms with E-state index in [1.54, 1.807) is 13.2 Å². The molecule has 0 rings (SSSR count). The molecule has 0 aromatic carbocycles. The molecule has 0 aliphatic carbocycles. The highest BCUT2D eigenvalue weighted by Gasteiger charge is 1.70. The quantitative estimate of drug-likeness (QED) is 0.358. The third-order valence-corrected chi connectivity index (χ3v) is 0.530. The topological polar surface area (TPSA) is 23.9 Å². The van der Waals surface area contributed by atoms with Crippen LogP contribution in [0.3, 0.4) is 0 Å². The van der Waals surface area contributed by atoms with E-state index in [1.807, 2.05) is 34.6 Å². The van der Waals surface area contributed by atoms with Crippen molar-refractivity contribution in [2.45, 2.75) is 48.0 Å². The molecule has 0 unspecified atom stereocenters. The highest BCUT2D eigenvalue weighted by atomic mass is 32.1. The summed E-state index contributed by atoms with van der Waals surface area (Å²) in [6, 6.07) is 0. The zero-order chi connectivity index (χ0) is 10.3. The van der Waals surface area contributed by atoms with Crippen molar-refractivity contribution in [1.82, 2.24) is 0 Å². The lowest BCUT2D eigenvalue weighted by Gasteiger charge is -1.77. The molecule has 0 heterocycles. The van der Waals surface area contributed by atoms with Gasteiger partial charge in [-0.05, 0) is 19.6 Å². The van der Waals surface area contributed by atoms with Crippen LogP contribution in [-0.2, 0) is 0 Å². The summed E-state index contributed by atoms with van der Waals surface area (Å²) in [5, 5.41) is 6.74. The minimum absolute atomic E-state index is 0. The summed E-state index contributed by atoms with van der Waals surface area (Å²) in [6.45, 7) is 11.8. The fourth-order valence-corrected chi connectivity index (χ4v) is 0. The molecule has 12 heavy (non-hydrogen) atoms. The molecule has 0 fully saturated rings. The van der Waals surface area contributed by atoms with E-state index in [2.05, 4.69) is 12.6 Å². The van der Waals surface area contributed by atoms with Gasteiger partial charge in [-0.15, -0.1) is 0 Å². The van der Waals surface area contributed by atoms with Crippen molar-refractivity contribution in [2.24, 2.45) is 0 Å². The van der Waals surface area contributed by atoms with Crippen LogP contribution in [0.1, 0.15) is 48.0 Å². The fraction of sp³-hybridized carbons (Fsp3) is 0.889. The summed E-state index contributed by atoms with van der Waals surface area (Å²) in [7, 11) is 0. The van der Waals surface area contributed by atoms with Gasteiger partial charge in [0.05, 0.1) is 0 Å². The zero-order valence-corrected chi connectivity index (χ0v) is 10.6. The fourth-order valence-electron chi connectivity index (χ4n) is 0. The molecule has 0 aliphatic rings. The van der Waals surface area contributed by atoms with E-state index in [1.165, 1.54) is 0 Å². The number of hydrogen-bond donors (Lipinski definition) is 2. The molecule has 0 amide bonds. The Hall–Kier alpha value is 0.0849. The van der Waals surface area contributed by atoms with Gasteiger partial charge in [-0.1, -0.05) is 34.6 Å². The molecular formula is C9H25BNS. The molecule has 0 bridgehead atoms. The van der Waals surface area contributed by atoms with Crippen molar-refractivity contribution in [2.75, 3.05) is 6.26 Å². The average Bonchev–Trinajstić information content (AvgIpc) is 2.15. The molecular weight excluding hydrogens is 165 g/mol. The first-order chi connectivity index (χ1) is 5.27. The predicted octanol–water partition coefficient (Wildman–Crippen LogP) is 3.65. The van der Waals surface area contributed by atoms with Gasteiger partial charge in [0, 0.05) is 14.1 Å². The van der Waals surface area contributed by atoms with Gasteiger partial charge in [-0.25, -0.2) is 0 Å². The molecule has 0 aromatic heterocycles. The van der Waals surface area contributed by atoms with Crippen LogP contribution >= 0.6 is 12.6 Å². The Morgan fingerprint density at radius 3 is 1.17 bits per heavy atom. The van der Waals surface area contributed by atoms with Crippen LogP contribution in [-0.4, -0.2) is 20.4 Å². The number of nitrogens with one attached hydrogen (secondary N) is 1. The third-order valence-electron chi connectivity index (χ3n) is 0.530. The first kappa shape index (κ1) is 29.6. The minimum Gasteiger partial charge on any atom is -0.310 e. The lowest BCUT2D eigenvalue weighted by molar-refractivity contribution is 1.23. The Bertz CT molecular complexity index is 49.8. The van der Waals surface area contributed by atoms with Crippen LogP contribution in [0.5, 0.6) is 0 Å². The van der Waals surface area contributed by atoms with E-state index in [4.69, 9.17) is 5.41 Å². The second-order valence-corrected chi connectivity index (χ2v) is 1.13. The van der Waals surface area contributed by atoms with Crippen molar-refractivity contribution in [3.05, 3.63) is 0 Å². The second kappa shape index (κ2) is 67.6. The molecule has 0 atom stereocenters. The molecule has 75 valence electrons. The van der Waals surface area contributed by atoms with Gasteiger partial charge in [-0.3, -0.25) is 0 Å². The van der Waals surface area contributed by atoms with E-state index in [9.17, 15) is 0 Å². The summed E-state index contributed by atoms with van der Waals surface area (Å²) >= 11 is 3.53. The standard InChI is InChI=1S/C4H9N.2C2H6.CH4S.B/c1-3-4(2)5;3*1-2;/h5H,3H2,1-2H3;2*1-2H3;2H,1H3;. The van der Waals surface area contributed by atoms with E-state index in [0.29, 0.717) is 0 Å². The Morgan fingerprint density at radius 2 is 1.17 bits per heavy atom. The van der Waals surface area contributed by atoms with Crippen LogP contribution in [0.4, 0.5) is 0 Å². The summed E-state index contributed by atoms with van der Waals surface area (Å²) in [5.74, 6) is 0. The summed E-state index contributed by atoms with van der Waals surface area (Å²) in [4.78, 5) is 0. The monoisotopic (exact) mass is 190 g/mol. The van der Waals surface area contributed by atoms with Gasteiger partial charge < -0.3 is 5.41 Å². The van der Waals surface area contributed by atoms with Crippen LogP contribution in [0.2, 0.25) is 0 Å². The van der Waals surface area contributed by atoms with Gasteiger partial charge in [-0.2, -0.15) is 12.6 Å². The van der Waals surface area contributed by atoms with E-state index in [0.717, 1.165) is 12.1 Å². The van der Waals surface area contributed by atoms with Crippen molar-refractivity contribution in [3.8, 4) is 0 Å². The van der Waals surface area contributed by atoms with Crippen LogP contribution in [0, 0.1) is 5.41 Å². The molecule has 3 radical (unpaired) electrons. The minimum atomic E-state index is 0. The van der Waals surface area contributed by atoms with Gasteiger partial charge in [0.25, 0.3) is 0 Å². The molecule has 0 saturated carbocycles. The molecule has 1 N–H and O–H groups in total. The number of hydrogen-bond acceptors (Lipinski definition) is 2. The largest absolute Gasteiger partial charge is 0.310 e. The smallest absolute Gasteiger partial charge is 0.00554 e. The lowest BCUT2D eigenvalue weighted by atomic mass is 10.3. The van der Waals surface area contributed by atoms with Gasteiger partial charge in [0.15, 0.2) is 0 Å². The maximum Gasteiger partial charge on any atom is 0.00554 e. The molecule has 0 saturated heterocycles. The van der Waals surface area contributed by atoms with Crippen molar-refractivity contribution in [3.63, 3.8) is 0 Å². The Labute approximate surface area is 86.8 Å². The maximum absolute atomic E-state index is 6.74. The van der Waals surface area contributed by atoms with E-state index in [-0.39, 0.29) is 8.41 Å². The molecule has 0 spiro atoms. The first-order valence-electron chi connectivity index (χ1n) is 4.26. The highest BCUT2D eigenvalue weighted by Crippen LogP contribution is 1.72. The van der Waals surface area contributed by atoms with Gasteiger partial charge >= 0.3 is 0 Å². The average molecular weight is 190 g/mol. The number of thiol groups is 1. The van der Waals surface area contributed by atoms with Crippen LogP contribution < -0.4 is 0 Å². The second-order valence-electron chi connectivity index (χ2n) is 1.13. The molecule has 3 heteroatoms. The Kier molecular flexibility index (Phi) is 167. The van der Waals surface area contributed by atoms with Crippen LogP contribution in [0.25, 0.3) is 0 Å². The van der Waals surface area contributed by atoms with Crippen LogP contribution in [0.15, 0.2) is 0 Å². The predicted molar refractivity (Wildman–Crippen MR) is 67.1 cm³/mol. The maximum atomic E-state index is 6.74. The van der Waals surface area contributed by atoms with Crippen molar-refractivity contribution < 1.29 is 0 Å².